The molecule has 0 spiro atoms. The molecule has 2 aromatic rings. The summed E-state index contributed by atoms with van der Waals surface area (Å²) in [7, 11) is -11.8. The maximum Gasteiger partial charge on any atom is 0.193 e. The number of sulfone groups is 2. The van der Waals surface area contributed by atoms with Crippen LogP contribution in [0.25, 0.3) is 0 Å². The SMILES string of the molecule is C[Si](C)(CF)C(S(=O)(=O)c1ccccc1)S(=O)(=O)c1ccccc1. The van der Waals surface area contributed by atoms with Gasteiger partial charge >= 0.3 is 0 Å². The molecule has 0 saturated heterocycles. The fraction of sp³-hybridized carbons (Fsp3) is 0.250. The minimum Gasteiger partial charge on any atom is -0.255 e. The maximum atomic E-state index is 13.6. The van der Waals surface area contributed by atoms with Gasteiger partial charge in [-0.25, -0.2) is 16.8 Å². The molecule has 0 aliphatic rings. The Morgan fingerprint density at radius 2 is 1.12 bits per heavy atom. The third-order valence-electron chi connectivity index (χ3n) is 3.69. The van der Waals surface area contributed by atoms with E-state index < -0.39 is 38.3 Å². The highest BCUT2D eigenvalue weighted by atomic mass is 32.3. The van der Waals surface area contributed by atoms with Gasteiger partial charge in [0.15, 0.2) is 23.9 Å². The summed E-state index contributed by atoms with van der Waals surface area (Å²) in [6.45, 7) is 2.89. The summed E-state index contributed by atoms with van der Waals surface area (Å²) in [5.74, 6) is 0. The maximum absolute atomic E-state index is 13.6. The van der Waals surface area contributed by atoms with E-state index in [-0.39, 0.29) is 9.79 Å². The van der Waals surface area contributed by atoms with Gasteiger partial charge < -0.3 is 0 Å². The lowest BCUT2D eigenvalue weighted by Crippen LogP contribution is -2.53. The average molecular weight is 387 g/mol. The summed E-state index contributed by atoms with van der Waals surface area (Å²) in [5, 5.41) is 0. The molecule has 4 nitrogen and oxygen atoms in total. The van der Waals surface area contributed by atoms with Gasteiger partial charge in [0, 0.05) is 0 Å². The Bertz CT molecular complexity index is 826. The lowest BCUT2D eigenvalue weighted by atomic mass is 10.4. The fourth-order valence-corrected chi connectivity index (χ4v) is 14.1. The Hall–Kier alpha value is -1.51. The van der Waals surface area contributed by atoms with Gasteiger partial charge in [0.1, 0.15) is 8.07 Å². The molecule has 0 saturated carbocycles. The van der Waals surface area contributed by atoms with Crippen molar-refractivity contribution in [2.45, 2.75) is 27.1 Å². The number of alkyl halides is 1. The van der Waals surface area contributed by atoms with E-state index in [9.17, 15) is 21.2 Å². The summed E-state index contributed by atoms with van der Waals surface area (Å²) >= 11 is 0. The van der Waals surface area contributed by atoms with E-state index in [1.807, 2.05) is 0 Å². The Balaban J connectivity index is 2.73. The van der Waals surface area contributed by atoms with Gasteiger partial charge in [0.2, 0.25) is 0 Å². The first-order valence-corrected chi connectivity index (χ1v) is 13.7. The van der Waals surface area contributed by atoms with Gasteiger partial charge in [-0.05, 0) is 24.3 Å². The quantitative estimate of drug-likeness (QED) is 0.716. The molecule has 0 fully saturated rings. The van der Waals surface area contributed by atoms with Crippen LogP contribution in [0.15, 0.2) is 70.5 Å². The molecule has 0 aromatic heterocycles. The van der Waals surface area contributed by atoms with Crippen LogP contribution in [-0.2, 0) is 19.7 Å². The zero-order chi connectivity index (χ0) is 18.0. The van der Waals surface area contributed by atoms with E-state index in [1.54, 1.807) is 12.1 Å². The average Bonchev–Trinajstić information content (AvgIpc) is 2.56. The molecule has 0 aliphatic carbocycles. The van der Waals surface area contributed by atoms with E-state index in [0.29, 0.717) is 0 Å². The summed E-state index contributed by atoms with van der Waals surface area (Å²) in [6.07, 6.45) is -0.949. The lowest BCUT2D eigenvalue weighted by molar-refractivity contribution is 0.567. The largest absolute Gasteiger partial charge is 0.255 e. The van der Waals surface area contributed by atoms with Crippen LogP contribution < -0.4 is 0 Å². The molecule has 0 aliphatic heterocycles. The topological polar surface area (TPSA) is 68.3 Å². The molecule has 0 radical (unpaired) electrons. The Morgan fingerprint density at radius 1 is 0.792 bits per heavy atom. The number of benzene rings is 2. The van der Waals surface area contributed by atoms with E-state index in [0.717, 1.165) is 0 Å². The second-order valence-corrected chi connectivity index (χ2v) is 16.2. The lowest BCUT2D eigenvalue weighted by Gasteiger charge is -2.29. The van der Waals surface area contributed by atoms with Crippen molar-refractivity contribution >= 4 is 27.7 Å². The van der Waals surface area contributed by atoms with Crippen molar-refractivity contribution in [1.82, 2.24) is 0 Å². The summed E-state index contributed by atoms with van der Waals surface area (Å²) < 4.78 is 64.0. The standard InChI is InChI=1S/C16H19FO4S2Si/c1-24(2,13-17)16(22(18,19)14-9-5-3-6-10-14)23(20,21)15-11-7-4-8-12-15/h3-12,16H,13H2,1-2H3. The third kappa shape index (κ3) is 3.45. The van der Waals surface area contributed by atoms with Gasteiger partial charge in [-0.1, -0.05) is 49.5 Å². The first-order valence-electron chi connectivity index (χ1n) is 7.28. The highest BCUT2D eigenvalue weighted by Crippen LogP contribution is 2.32. The summed E-state index contributed by atoms with van der Waals surface area (Å²) in [6, 6.07) is 14.7. The predicted molar refractivity (Wildman–Crippen MR) is 94.5 cm³/mol. The van der Waals surface area contributed by atoms with Crippen molar-refractivity contribution in [1.29, 1.82) is 0 Å². The molecule has 0 unspecified atom stereocenters. The molecule has 0 amide bonds. The molecular weight excluding hydrogens is 367 g/mol. The van der Waals surface area contributed by atoms with Crippen molar-refractivity contribution < 1.29 is 21.2 Å². The molecule has 0 N–H and O–H groups in total. The minimum absolute atomic E-state index is 0.108. The molecule has 2 aromatic carbocycles. The monoisotopic (exact) mass is 386 g/mol. The van der Waals surface area contributed by atoms with E-state index >= 15 is 0 Å². The fourth-order valence-electron chi connectivity index (χ4n) is 2.54. The molecule has 0 bridgehead atoms. The van der Waals surface area contributed by atoms with Gasteiger partial charge in [-0.3, -0.25) is 4.39 Å². The van der Waals surface area contributed by atoms with Crippen LogP contribution in [0, 0.1) is 0 Å². The minimum atomic E-state index is -4.24. The Morgan fingerprint density at radius 3 is 1.42 bits per heavy atom. The predicted octanol–water partition coefficient (Wildman–Crippen LogP) is 3.02. The van der Waals surface area contributed by atoms with Crippen molar-refractivity contribution in [2.75, 3.05) is 6.30 Å². The zero-order valence-electron chi connectivity index (χ0n) is 13.4. The second kappa shape index (κ2) is 6.77. The highest BCUT2D eigenvalue weighted by Gasteiger charge is 2.51. The number of halogens is 1. The Labute approximate surface area is 143 Å². The third-order valence-corrected chi connectivity index (χ3v) is 15.9. The van der Waals surface area contributed by atoms with Gasteiger partial charge in [-0.15, -0.1) is 0 Å². The van der Waals surface area contributed by atoms with Crippen LogP contribution in [0.1, 0.15) is 0 Å². The van der Waals surface area contributed by atoms with Crippen molar-refractivity contribution in [3.63, 3.8) is 0 Å². The van der Waals surface area contributed by atoms with Crippen LogP contribution in [0.3, 0.4) is 0 Å². The second-order valence-electron chi connectivity index (χ2n) is 6.17. The normalized spacial score (nSPS) is 13.2. The zero-order valence-corrected chi connectivity index (χ0v) is 16.0. The first kappa shape index (κ1) is 18.8. The first-order chi connectivity index (χ1) is 11.1. The van der Waals surface area contributed by atoms with Crippen molar-refractivity contribution in [3.8, 4) is 0 Å². The molecule has 0 heterocycles. The van der Waals surface area contributed by atoms with Crippen LogP contribution in [0.2, 0.25) is 13.1 Å². The van der Waals surface area contributed by atoms with Crippen molar-refractivity contribution in [2.24, 2.45) is 0 Å². The molecule has 2 rings (SSSR count). The van der Waals surface area contributed by atoms with Crippen molar-refractivity contribution in [3.05, 3.63) is 60.7 Å². The van der Waals surface area contributed by atoms with Gasteiger partial charge in [0.25, 0.3) is 0 Å². The molecule has 8 heteroatoms. The van der Waals surface area contributed by atoms with Crippen LogP contribution >= 0.6 is 0 Å². The number of rotatable bonds is 6. The highest BCUT2D eigenvalue weighted by molar-refractivity contribution is 8.11. The summed E-state index contributed by atoms with van der Waals surface area (Å²) in [5.41, 5.74) is 0. The van der Waals surface area contributed by atoms with Crippen LogP contribution in [-0.4, -0.2) is 35.4 Å². The van der Waals surface area contributed by atoms with Crippen LogP contribution in [0.5, 0.6) is 0 Å². The smallest absolute Gasteiger partial charge is 0.193 e. The number of hydrogen-bond acceptors (Lipinski definition) is 4. The molecule has 24 heavy (non-hydrogen) atoms. The van der Waals surface area contributed by atoms with Gasteiger partial charge in [0.05, 0.1) is 16.1 Å². The van der Waals surface area contributed by atoms with Gasteiger partial charge in [-0.2, -0.15) is 0 Å². The van der Waals surface area contributed by atoms with E-state index in [4.69, 9.17) is 0 Å². The molecule has 0 atom stereocenters. The summed E-state index contributed by atoms with van der Waals surface area (Å²) in [4.78, 5) is -0.216. The molecular formula is C16H19FO4S2Si. The van der Waals surface area contributed by atoms with E-state index in [1.165, 1.54) is 61.6 Å². The molecule has 130 valence electrons. The van der Waals surface area contributed by atoms with E-state index in [2.05, 4.69) is 0 Å². The van der Waals surface area contributed by atoms with Crippen LogP contribution in [0.4, 0.5) is 4.39 Å². The number of hydrogen-bond donors (Lipinski definition) is 0. The Kier molecular flexibility index (Phi) is 5.31.